The van der Waals surface area contributed by atoms with E-state index in [4.69, 9.17) is 0 Å². The van der Waals surface area contributed by atoms with Crippen molar-refractivity contribution in [3.63, 3.8) is 0 Å². The summed E-state index contributed by atoms with van der Waals surface area (Å²) in [7, 11) is 0. The second-order valence-electron chi connectivity index (χ2n) is 5.03. The molecule has 0 radical (unpaired) electrons. The molecule has 0 aliphatic carbocycles. The lowest BCUT2D eigenvalue weighted by atomic mass is 10.0. The molecule has 0 fully saturated rings. The van der Waals surface area contributed by atoms with E-state index in [1.165, 1.54) is 16.7 Å². The molecule has 2 N–H and O–H groups in total. The fourth-order valence-electron chi connectivity index (χ4n) is 2.33. The minimum absolute atomic E-state index is 0.196. The van der Waals surface area contributed by atoms with Gasteiger partial charge in [0, 0.05) is 19.2 Å². The van der Waals surface area contributed by atoms with Crippen LogP contribution in [0.15, 0.2) is 54.6 Å². The second-order valence-corrected chi connectivity index (χ2v) is 5.03. The van der Waals surface area contributed by atoms with Crippen molar-refractivity contribution >= 4 is 0 Å². The average molecular weight is 269 g/mol. The van der Waals surface area contributed by atoms with E-state index in [1.54, 1.807) is 0 Å². The van der Waals surface area contributed by atoms with E-state index < -0.39 is 0 Å². The Morgan fingerprint density at radius 1 is 0.950 bits per heavy atom. The smallest absolute Gasteiger partial charge is 0.0449 e. The lowest BCUT2D eigenvalue weighted by molar-refractivity contribution is 0.265. The van der Waals surface area contributed by atoms with Gasteiger partial charge in [-0.1, -0.05) is 61.5 Å². The molecular weight excluding hydrogens is 246 g/mol. The number of nitrogens with one attached hydrogen (secondary N) is 1. The van der Waals surface area contributed by atoms with E-state index in [2.05, 4.69) is 48.6 Å². The Morgan fingerprint density at radius 3 is 2.20 bits per heavy atom. The number of aryl methyl sites for hydroxylation is 1. The monoisotopic (exact) mass is 269 g/mol. The summed E-state index contributed by atoms with van der Waals surface area (Å²) in [6.07, 6.45) is 1.81. The number of aliphatic hydroxyl groups is 1. The minimum atomic E-state index is 0.196. The maximum Gasteiger partial charge on any atom is 0.0449 e. The first-order valence-corrected chi connectivity index (χ1v) is 7.30. The highest BCUT2D eigenvalue weighted by molar-refractivity contribution is 5.23. The maximum atomic E-state index is 9.22. The van der Waals surface area contributed by atoms with Crippen molar-refractivity contribution in [3.8, 4) is 0 Å². The van der Waals surface area contributed by atoms with Crippen LogP contribution >= 0.6 is 0 Å². The Morgan fingerprint density at radius 2 is 1.60 bits per heavy atom. The van der Waals surface area contributed by atoms with Crippen LogP contribution in [0.1, 0.15) is 36.1 Å². The molecule has 2 aromatic rings. The molecule has 20 heavy (non-hydrogen) atoms. The summed E-state index contributed by atoms with van der Waals surface area (Å²) >= 11 is 0. The van der Waals surface area contributed by atoms with Crippen LogP contribution in [-0.2, 0) is 13.0 Å². The molecule has 1 atom stereocenters. The fourth-order valence-corrected chi connectivity index (χ4v) is 2.33. The van der Waals surface area contributed by atoms with Crippen molar-refractivity contribution in [1.82, 2.24) is 5.32 Å². The minimum Gasteiger partial charge on any atom is -0.396 e. The summed E-state index contributed by atoms with van der Waals surface area (Å²) in [6, 6.07) is 19.2. The Bertz CT molecular complexity index is 493. The van der Waals surface area contributed by atoms with Crippen molar-refractivity contribution in [3.05, 3.63) is 71.3 Å². The maximum absolute atomic E-state index is 9.22. The molecule has 106 valence electrons. The zero-order chi connectivity index (χ0) is 14.2. The predicted molar refractivity (Wildman–Crippen MR) is 83.5 cm³/mol. The van der Waals surface area contributed by atoms with Crippen LogP contribution in [0, 0.1) is 0 Å². The van der Waals surface area contributed by atoms with Gasteiger partial charge in [0.2, 0.25) is 0 Å². The summed E-state index contributed by atoms with van der Waals surface area (Å²) in [5.41, 5.74) is 3.87. The van der Waals surface area contributed by atoms with Gasteiger partial charge in [-0.2, -0.15) is 0 Å². The largest absolute Gasteiger partial charge is 0.396 e. The van der Waals surface area contributed by atoms with Crippen LogP contribution in [-0.4, -0.2) is 11.7 Å². The highest BCUT2D eigenvalue weighted by Gasteiger charge is 2.09. The molecule has 0 spiro atoms. The second kappa shape index (κ2) is 7.83. The first kappa shape index (κ1) is 14.8. The molecule has 0 unspecified atom stereocenters. The van der Waals surface area contributed by atoms with Gasteiger partial charge in [0.25, 0.3) is 0 Å². The number of aliphatic hydroxyl groups excluding tert-OH is 1. The van der Waals surface area contributed by atoms with Gasteiger partial charge in [0.05, 0.1) is 0 Å². The van der Waals surface area contributed by atoms with E-state index in [-0.39, 0.29) is 12.6 Å². The van der Waals surface area contributed by atoms with Crippen LogP contribution in [0.2, 0.25) is 0 Å². The van der Waals surface area contributed by atoms with E-state index >= 15 is 0 Å². The third-order valence-electron chi connectivity index (χ3n) is 3.60. The highest BCUT2D eigenvalue weighted by atomic mass is 16.3. The van der Waals surface area contributed by atoms with Gasteiger partial charge in [0.15, 0.2) is 0 Å². The molecule has 0 aromatic heterocycles. The van der Waals surface area contributed by atoms with Crippen LogP contribution in [0.25, 0.3) is 0 Å². The summed E-state index contributed by atoms with van der Waals surface area (Å²) in [5, 5.41) is 12.8. The molecule has 2 nitrogen and oxygen atoms in total. The fraction of sp³-hybridized carbons (Fsp3) is 0.333. The quantitative estimate of drug-likeness (QED) is 0.806. The molecule has 2 aromatic carbocycles. The molecule has 0 saturated heterocycles. The molecule has 0 aliphatic heterocycles. The van der Waals surface area contributed by atoms with E-state index in [1.807, 2.05) is 18.2 Å². The number of benzene rings is 2. The Kier molecular flexibility index (Phi) is 5.78. The van der Waals surface area contributed by atoms with Crippen molar-refractivity contribution in [2.75, 3.05) is 6.61 Å². The molecule has 0 bridgehead atoms. The van der Waals surface area contributed by atoms with Crippen LogP contribution in [0.4, 0.5) is 0 Å². The van der Waals surface area contributed by atoms with Gasteiger partial charge in [0.1, 0.15) is 0 Å². The van der Waals surface area contributed by atoms with Crippen LogP contribution in [0.5, 0.6) is 0 Å². The molecule has 0 heterocycles. The molecule has 0 saturated carbocycles. The topological polar surface area (TPSA) is 32.3 Å². The van der Waals surface area contributed by atoms with Gasteiger partial charge in [-0.15, -0.1) is 0 Å². The van der Waals surface area contributed by atoms with Gasteiger partial charge < -0.3 is 10.4 Å². The molecule has 2 heteroatoms. The zero-order valence-corrected chi connectivity index (χ0v) is 12.0. The normalized spacial score (nSPS) is 12.3. The Balaban J connectivity index is 1.98. The highest BCUT2D eigenvalue weighted by Crippen LogP contribution is 2.17. The zero-order valence-electron chi connectivity index (χ0n) is 12.0. The standard InChI is InChI=1S/C18H23NO/c1-2-15-8-10-16(11-9-15)14-19-18(12-13-20)17-6-4-3-5-7-17/h3-11,18-20H,2,12-14H2,1H3/t18-/m1/s1. The van der Waals surface area contributed by atoms with Crippen molar-refractivity contribution in [2.24, 2.45) is 0 Å². The third kappa shape index (κ3) is 4.19. The summed E-state index contributed by atoms with van der Waals surface area (Å²) < 4.78 is 0. The predicted octanol–water partition coefficient (Wildman–Crippen LogP) is 3.46. The summed E-state index contributed by atoms with van der Waals surface area (Å²) in [5.74, 6) is 0. The first-order valence-electron chi connectivity index (χ1n) is 7.30. The molecule has 2 rings (SSSR count). The van der Waals surface area contributed by atoms with E-state index in [0.717, 1.165) is 19.4 Å². The first-order chi connectivity index (χ1) is 9.83. The average Bonchev–Trinajstić information content (AvgIpc) is 2.53. The SMILES string of the molecule is CCc1ccc(CN[C@H](CCO)c2ccccc2)cc1. The van der Waals surface area contributed by atoms with Crippen LogP contribution in [0.3, 0.4) is 0 Å². The molecular formula is C18H23NO. The van der Waals surface area contributed by atoms with Crippen LogP contribution < -0.4 is 5.32 Å². The number of hydrogen-bond acceptors (Lipinski definition) is 2. The molecule has 0 aliphatic rings. The Labute approximate surface area is 121 Å². The number of rotatable bonds is 7. The van der Waals surface area contributed by atoms with E-state index in [9.17, 15) is 5.11 Å². The Hall–Kier alpha value is -1.64. The third-order valence-corrected chi connectivity index (χ3v) is 3.60. The van der Waals surface area contributed by atoms with E-state index in [0.29, 0.717) is 0 Å². The van der Waals surface area contributed by atoms with Crippen molar-refractivity contribution < 1.29 is 5.11 Å². The van der Waals surface area contributed by atoms with Crippen molar-refractivity contribution in [2.45, 2.75) is 32.4 Å². The lowest BCUT2D eigenvalue weighted by Gasteiger charge is -2.18. The van der Waals surface area contributed by atoms with Gasteiger partial charge in [-0.05, 0) is 29.5 Å². The van der Waals surface area contributed by atoms with Gasteiger partial charge in [-0.25, -0.2) is 0 Å². The van der Waals surface area contributed by atoms with Gasteiger partial charge >= 0.3 is 0 Å². The molecule has 0 amide bonds. The van der Waals surface area contributed by atoms with Gasteiger partial charge in [-0.3, -0.25) is 0 Å². The van der Waals surface area contributed by atoms with Crippen molar-refractivity contribution in [1.29, 1.82) is 0 Å². The summed E-state index contributed by atoms with van der Waals surface area (Å²) in [6.45, 7) is 3.19. The number of hydrogen-bond donors (Lipinski definition) is 2. The lowest BCUT2D eigenvalue weighted by Crippen LogP contribution is -2.22. The summed E-state index contributed by atoms with van der Waals surface area (Å²) in [4.78, 5) is 0.